The molecule has 0 aliphatic heterocycles. The lowest BCUT2D eigenvalue weighted by Gasteiger charge is -2.08. The van der Waals surface area contributed by atoms with Gasteiger partial charge in [-0.2, -0.15) is 0 Å². The van der Waals surface area contributed by atoms with Crippen LogP contribution in [0.1, 0.15) is 15.9 Å². The number of pyridine rings is 1. The van der Waals surface area contributed by atoms with Crippen molar-refractivity contribution in [2.75, 3.05) is 5.32 Å². The number of carbonyl (C=O) groups is 1. The fourth-order valence-corrected chi connectivity index (χ4v) is 1.48. The zero-order chi connectivity index (χ0) is 13.1. The second-order valence-electron chi connectivity index (χ2n) is 3.77. The van der Waals surface area contributed by atoms with Crippen LogP contribution in [0.2, 0.25) is 0 Å². The summed E-state index contributed by atoms with van der Waals surface area (Å²) in [6, 6.07) is 5.28. The molecule has 1 aromatic carbocycles. The van der Waals surface area contributed by atoms with Crippen LogP contribution >= 0.6 is 0 Å². The van der Waals surface area contributed by atoms with Crippen molar-refractivity contribution in [1.82, 2.24) is 4.98 Å². The highest BCUT2D eigenvalue weighted by Crippen LogP contribution is 2.17. The van der Waals surface area contributed by atoms with Gasteiger partial charge in [0.1, 0.15) is 5.82 Å². The zero-order valence-corrected chi connectivity index (χ0v) is 9.58. The third-order valence-corrected chi connectivity index (χ3v) is 2.46. The first kappa shape index (κ1) is 12.2. The van der Waals surface area contributed by atoms with Gasteiger partial charge in [-0.25, -0.2) is 8.78 Å². The fourth-order valence-electron chi connectivity index (χ4n) is 1.48. The molecule has 0 unspecified atom stereocenters. The SMILES string of the molecule is Cc1ccc(F)cc1NC(=O)c1ccncc1F. The Kier molecular flexibility index (Phi) is 3.32. The number of amides is 1. The number of hydrogen-bond donors (Lipinski definition) is 1. The number of nitrogens with zero attached hydrogens (tertiary/aromatic N) is 1. The molecule has 0 saturated heterocycles. The van der Waals surface area contributed by atoms with E-state index in [-0.39, 0.29) is 5.56 Å². The van der Waals surface area contributed by atoms with Gasteiger partial charge in [-0.3, -0.25) is 9.78 Å². The van der Waals surface area contributed by atoms with Gasteiger partial charge in [0.2, 0.25) is 0 Å². The van der Waals surface area contributed by atoms with Gasteiger partial charge in [-0.1, -0.05) is 6.07 Å². The van der Waals surface area contributed by atoms with Crippen molar-refractivity contribution >= 4 is 11.6 Å². The Labute approximate surface area is 102 Å². The Bertz CT molecular complexity index is 599. The van der Waals surface area contributed by atoms with Gasteiger partial charge in [0.25, 0.3) is 5.91 Å². The minimum atomic E-state index is -0.718. The molecule has 2 aromatic rings. The Morgan fingerprint density at radius 3 is 2.78 bits per heavy atom. The van der Waals surface area contributed by atoms with E-state index in [9.17, 15) is 13.6 Å². The molecule has 0 fully saturated rings. The van der Waals surface area contributed by atoms with Crippen LogP contribution in [0.4, 0.5) is 14.5 Å². The average Bonchev–Trinajstić information content (AvgIpc) is 2.34. The first-order chi connectivity index (χ1) is 8.58. The van der Waals surface area contributed by atoms with Gasteiger partial charge in [0.05, 0.1) is 11.8 Å². The number of anilines is 1. The molecule has 0 saturated carbocycles. The van der Waals surface area contributed by atoms with Crippen molar-refractivity contribution in [2.45, 2.75) is 6.92 Å². The quantitative estimate of drug-likeness (QED) is 0.887. The zero-order valence-electron chi connectivity index (χ0n) is 9.58. The topological polar surface area (TPSA) is 42.0 Å². The Hall–Kier alpha value is -2.30. The lowest BCUT2D eigenvalue weighted by atomic mass is 10.1. The largest absolute Gasteiger partial charge is 0.322 e. The summed E-state index contributed by atoms with van der Waals surface area (Å²) in [7, 11) is 0. The normalized spacial score (nSPS) is 10.2. The number of nitrogens with one attached hydrogen (secondary N) is 1. The Morgan fingerprint density at radius 2 is 2.06 bits per heavy atom. The minimum Gasteiger partial charge on any atom is -0.322 e. The maximum absolute atomic E-state index is 13.3. The van der Waals surface area contributed by atoms with E-state index in [2.05, 4.69) is 10.3 Å². The summed E-state index contributed by atoms with van der Waals surface area (Å²) in [5, 5.41) is 2.46. The van der Waals surface area contributed by atoms with Crippen molar-refractivity contribution in [2.24, 2.45) is 0 Å². The minimum absolute atomic E-state index is 0.131. The van der Waals surface area contributed by atoms with Gasteiger partial charge >= 0.3 is 0 Å². The maximum atomic E-state index is 13.3. The van der Waals surface area contributed by atoms with E-state index in [1.54, 1.807) is 6.92 Å². The number of aryl methyl sites for hydroxylation is 1. The van der Waals surface area contributed by atoms with E-state index in [0.717, 1.165) is 6.20 Å². The molecule has 0 aliphatic rings. The lowest BCUT2D eigenvalue weighted by Crippen LogP contribution is -2.14. The van der Waals surface area contributed by atoms with Crippen LogP contribution in [0.15, 0.2) is 36.7 Å². The summed E-state index contributed by atoms with van der Waals surface area (Å²) in [6.07, 6.45) is 2.27. The summed E-state index contributed by atoms with van der Waals surface area (Å²) >= 11 is 0. The third kappa shape index (κ3) is 2.51. The molecule has 1 aromatic heterocycles. The van der Waals surface area contributed by atoms with Crippen LogP contribution in [0.3, 0.4) is 0 Å². The molecule has 1 amide bonds. The molecule has 18 heavy (non-hydrogen) atoms. The number of hydrogen-bond acceptors (Lipinski definition) is 2. The lowest BCUT2D eigenvalue weighted by molar-refractivity contribution is 0.102. The van der Waals surface area contributed by atoms with E-state index in [0.29, 0.717) is 11.3 Å². The fraction of sp³-hybridized carbons (Fsp3) is 0.0769. The summed E-state index contributed by atoms with van der Waals surface area (Å²) in [4.78, 5) is 15.3. The highest BCUT2D eigenvalue weighted by Gasteiger charge is 2.12. The van der Waals surface area contributed by atoms with E-state index < -0.39 is 17.5 Å². The van der Waals surface area contributed by atoms with Crippen LogP contribution in [0.25, 0.3) is 0 Å². The van der Waals surface area contributed by atoms with E-state index in [4.69, 9.17) is 0 Å². The molecular weight excluding hydrogens is 238 g/mol. The summed E-state index contributed by atoms with van der Waals surface area (Å²) < 4.78 is 26.4. The van der Waals surface area contributed by atoms with E-state index in [1.807, 2.05) is 0 Å². The van der Waals surface area contributed by atoms with Crippen LogP contribution in [0, 0.1) is 18.6 Å². The van der Waals surface area contributed by atoms with Gasteiger partial charge < -0.3 is 5.32 Å². The molecule has 0 radical (unpaired) electrons. The van der Waals surface area contributed by atoms with E-state index >= 15 is 0 Å². The van der Waals surface area contributed by atoms with Crippen LogP contribution in [0.5, 0.6) is 0 Å². The van der Waals surface area contributed by atoms with E-state index in [1.165, 1.54) is 30.5 Å². The summed E-state index contributed by atoms with van der Waals surface area (Å²) in [6.45, 7) is 1.72. The second kappa shape index (κ2) is 4.91. The monoisotopic (exact) mass is 248 g/mol. The van der Waals surface area contributed by atoms with Gasteiger partial charge in [0.15, 0.2) is 5.82 Å². The maximum Gasteiger partial charge on any atom is 0.258 e. The number of benzene rings is 1. The number of rotatable bonds is 2. The number of carbonyl (C=O) groups excluding carboxylic acids is 1. The molecule has 1 N–H and O–H groups in total. The van der Waals surface area contributed by atoms with Crippen molar-refractivity contribution in [3.8, 4) is 0 Å². The highest BCUT2D eigenvalue weighted by atomic mass is 19.1. The number of halogens is 2. The smallest absolute Gasteiger partial charge is 0.258 e. The van der Waals surface area contributed by atoms with Gasteiger partial charge in [-0.05, 0) is 30.7 Å². The van der Waals surface area contributed by atoms with Crippen molar-refractivity contribution in [1.29, 1.82) is 0 Å². The summed E-state index contributed by atoms with van der Waals surface area (Å²) in [5.74, 6) is -1.82. The van der Waals surface area contributed by atoms with Crippen LogP contribution < -0.4 is 5.32 Å². The molecule has 92 valence electrons. The van der Waals surface area contributed by atoms with Crippen molar-refractivity contribution in [3.05, 3.63) is 59.4 Å². The second-order valence-corrected chi connectivity index (χ2v) is 3.77. The Balaban J connectivity index is 2.27. The first-order valence-corrected chi connectivity index (χ1v) is 5.25. The molecule has 3 nitrogen and oxygen atoms in total. The van der Waals surface area contributed by atoms with Crippen LogP contribution in [-0.2, 0) is 0 Å². The third-order valence-electron chi connectivity index (χ3n) is 2.46. The molecular formula is C13H10F2N2O. The first-order valence-electron chi connectivity index (χ1n) is 5.25. The molecule has 0 spiro atoms. The van der Waals surface area contributed by atoms with Crippen molar-refractivity contribution < 1.29 is 13.6 Å². The molecule has 0 atom stereocenters. The van der Waals surface area contributed by atoms with Crippen LogP contribution in [-0.4, -0.2) is 10.9 Å². The predicted octanol–water partition coefficient (Wildman–Crippen LogP) is 2.92. The molecule has 0 aliphatic carbocycles. The van der Waals surface area contributed by atoms with Gasteiger partial charge in [-0.15, -0.1) is 0 Å². The van der Waals surface area contributed by atoms with Gasteiger partial charge in [0, 0.05) is 11.9 Å². The number of aromatic nitrogens is 1. The highest BCUT2D eigenvalue weighted by molar-refractivity contribution is 6.04. The predicted molar refractivity (Wildman–Crippen MR) is 63.3 cm³/mol. The molecule has 5 heteroatoms. The van der Waals surface area contributed by atoms with Crippen molar-refractivity contribution in [3.63, 3.8) is 0 Å². The molecule has 1 heterocycles. The average molecular weight is 248 g/mol. The Morgan fingerprint density at radius 1 is 1.28 bits per heavy atom. The molecule has 0 bridgehead atoms. The standard InChI is InChI=1S/C13H10F2N2O/c1-8-2-3-9(14)6-12(8)17-13(18)10-4-5-16-7-11(10)15/h2-7H,1H3,(H,17,18). The molecule has 2 rings (SSSR count). The summed E-state index contributed by atoms with van der Waals surface area (Å²) in [5.41, 5.74) is 0.879.